The summed E-state index contributed by atoms with van der Waals surface area (Å²) in [5.41, 5.74) is -0.134. The Morgan fingerprint density at radius 2 is 2.21 bits per heavy atom. The number of terminal acetylenes is 1. The molecule has 76 valence electrons. The zero-order valence-corrected chi connectivity index (χ0v) is 8.62. The van der Waals surface area contributed by atoms with Crippen LogP contribution in [0.25, 0.3) is 0 Å². The summed E-state index contributed by atoms with van der Waals surface area (Å²) in [7, 11) is 0. The maximum Gasteiger partial charge on any atom is 0.411 e. The van der Waals surface area contributed by atoms with E-state index in [-0.39, 0.29) is 17.6 Å². The van der Waals surface area contributed by atoms with Gasteiger partial charge in [0.25, 0.3) is 0 Å². The molecule has 1 saturated heterocycles. The summed E-state index contributed by atoms with van der Waals surface area (Å²) in [5.74, 6) is 2.53. The van der Waals surface area contributed by atoms with E-state index in [4.69, 9.17) is 11.2 Å². The minimum absolute atomic E-state index is 0.134. The molecule has 0 bridgehead atoms. The van der Waals surface area contributed by atoms with Gasteiger partial charge in [0.05, 0.1) is 0 Å². The molecule has 1 aliphatic heterocycles. The molecule has 0 radical (unpaired) electrons. The van der Waals surface area contributed by atoms with Gasteiger partial charge in [0.15, 0.2) is 6.10 Å². The highest BCUT2D eigenvalue weighted by Gasteiger charge is 2.45. The number of cyclic esters (lactones) is 1. The van der Waals surface area contributed by atoms with E-state index in [9.17, 15) is 4.79 Å². The van der Waals surface area contributed by atoms with Crippen molar-refractivity contribution in [1.82, 2.24) is 4.90 Å². The highest BCUT2D eigenvalue weighted by Crippen LogP contribution is 2.36. The number of carbonyl (C=O) groups is 1. The Kier molecular flexibility index (Phi) is 1.95. The molecule has 2 fully saturated rings. The molecule has 0 aromatic carbocycles. The fraction of sp³-hybridized carbons (Fsp3) is 0.727. The van der Waals surface area contributed by atoms with Gasteiger partial charge in [-0.1, -0.05) is 19.8 Å². The SMILES string of the molecule is C#C[C@@H]1OC(=O)N(C2CC2)CC1(C)C. The van der Waals surface area contributed by atoms with Crippen molar-refractivity contribution in [3.63, 3.8) is 0 Å². The van der Waals surface area contributed by atoms with E-state index in [0.29, 0.717) is 12.6 Å². The van der Waals surface area contributed by atoms with Crippen LogP contribution in [0.4, 0.5) is 4.79 Å². The van der Waals surface area contributed by atoms with Crippen LogP contribution in [0.15, 0.2) is 0 Å². The highest BCUT2D eigenvalue weighted by molar-refractivity contribution is 5.70. The van der Waals surface area contributed by atoms with Crippen LogP contribution in [-0.2, 0) is 4.74 Å². The third-order valence-corrected chi connectivity index (χ3v) is 2.88. The van der Waals surface area contributed by atoms with Crippen LogP contribution in [-0.4, -0.2) is 29.7 Å². The summed E-state index contributed by atoms with van der Waals surface area (Å²) in [6, 6.07) is 0.403. The minimum Gasteiger partial charge on any atom is -0.432 e. The average Bonchev–Trinajstić information content (AvgIpc) is 2.91. The number of hydrogen-bond donors (Lipinski definition) is 0. The third kappa shape index (κ3) is 1.45. The second-order valence-electron chi connectivity index (χ2n) is 4.78. The summed E-state index contributed by atoms with van der Waals surface area (Å²) in [6.45, 7) is 4.80. The maximum atomic E-state index is 11.5. The van der Waals surface area contributed by atoms with Gasteiger partial charge in [0.1, 0.15) is 0 Å². The van der Waals surface area contributed by atoms with Gasteiger partial charge in [-0.2, -0.15) is 0 Å². The number of amides is 1. The first-order chi connectivity index (χ1) is 6.54. The van der Waals surface area contributed by atoms with Crippen LogP contribution in [0, 0.1) is 17.8 Å². The topological polar surface area (TPSA) is 29.5 Å². The van der Waals surface area contributed by atoms with Gasteiger partial charge in [0, 0.05) is 18.0 Å². The Hall–Kier alpha value is -1.17. The zero-order valence-electron chi connectivity index (χ0n) is 8.62. The van der Waals surface area contributed by atoms with E-state index < -0.39 is 0 Å². The molecule has 0 spiro atoms. The van der Waals surface area contributed by atoms with Gasteiger partial charge >= 0.3 is 6.09 Å². The molecule has 3 heteroatoms. The van der Waals surface area contributed by atoms with Gasteiger partial charge in [-0.15, -0.1) is 6.42 Å². The number of rotatable bonds is 1. The lowest BCUT2D eigenvalue weighted by molar-refractivity contribution is -0.0252. The van der Waals surface area contributed by atoms with E-state index >= 15 is 0 Å². The molecule has 1 atom stereocenters. The van der Waals surface area contributed by atoms with Gasteiger partial charge in [-0.25, -0.2) is 4.79 Å². The molecule has 0 N–H and O–H groups in total. The van der Waals surface area contributed by atoms with Gasteiger partial charge < -0.3 is 9.64 Å². The Labute approximate surface area is 84.4 Å². The van der Waals surface area contributed by atoms with Crippen LogP contribution in [0.5, 0.6) is 0 Å². The van der Waals surface area contributed by atoms with Gasteiger partial charge in [-0.05, 0) is 12.8 Å². The predicted octanol–water partition coefficient (Wildman–Crippen LogP) is 1.63. The fourth-order valence-corrected chi connectivity index (χ4v) is 1.84. The smallest absolute Gasteiger partial charge is 0.411 e. The fourth-order valence-electron chi connectivity index (χ4n) is 1.84. The van der Waals surface area contributed by atoms with E-state index in [0.717, 1.165) is 12.8 Å². The van der Waals surface area contributed by atoms with Gasteiger partial charge in [0.2, 0.25) is 0 Å². The molecule has 1 saturated carbocycles. The van der Waals surface area contributed by atoms with Crippen LogP contribution in [0.1, 0.15) is 26.7 Å². The number of hydrogen-bond acceptors (Lipinski definition) is 2. The van der Waals surface area contributed by atoms with Crippen LogP contribution in [0.2, 0.25) is 0 Å². The summed E-state index contributed by atoms with van der Waals surface area (Å²) < 4.78 is 5.22. The molecular formula is C11H15NO2. The lowest BCUT2D eigenvalue weighted by Crippen LogP contribution is -2.53. The molecule has 0 unspecified atom stereocenters. The second kappa shape index (κ2) is 2.91. The van der Waals surface area contributed by atoms with Crippen molar-refractivity contribution < 1.29 is 9.53 Å². The summed E-state index contributed by atoms with van der Waals surface area (Å²) >= 11 is 0. The summed E-state index contributed by atoms with van der Waals surface area (Å²) in [4.78, 5) is 13.4. The van der Waals surface area contributed by atoms with Crippen molar-refractivity contribution in [2.45, 2.75) is 38.8 Å². The van der Waals surface area contributed by atoms with E-state index in [1.165, 1.54) is 0 Å². The maximum absolute atomic E-state index is 11.5. The van der Waals surface area contributed by atoms with Crippen molar-refractivity contribution in [3.8, 4) is 12.3 Å². The number of ether oxygens (including phenoxy) is 1. The number of nitrogens with zero attached hydrogens (tertiary/aromatic N) is 1. The van der Waals surface area contributed by atoms with E-state index in [1.54, 1.807) is 0 Å². The van der Waals surface area contributed by atoms with Crippen molar-refractivity contribution in [1.29, 1.82) is 0 Å². The molecule has 0 aromatic rings. The first-order valence-corrected chi connectivity index (χ1v) is 4.98. The summed E-state index contributed by atoms with van der Waals surface area (Å²) in [5, 5.41) is 0. The molecule has 0 aromatic heterocycles. The largest absolute Gasteiger partial charge is 0.432 e. The molecule has 2 aliphatic rings. The van der Waals surface area contributed by atoms with E-state index in [1.807, 2.05) is 18.7 Å². The predicted molar refractivity (Wildman–Crippen MR) is 52.6 cm³/mol. The second-order valence-corrected chi connectivity index (χ2v) is 4.78. The van der Waals surface area contributed by atoms with E-state index in [2.05, 4.69) is 5.92 Å². The van der Waals surface area contributed by atoms with Crippen LogP contribution < -0.4 is 0 Å². The Morgan fingerprint density at radius 1 is 1.57 bits per heavy atom. The quantitative estimate of drug-likeness (QED) is 0.592. The molecule has 14 heavy (non-hydrogen) atoms. The van der Waals surface area contributed by atoms with Crippen molar-refractivity contribution in [2.75, 3.05) is 6.54 Å². The van der Waals surface area contributed by atoms with Crippen molar-refractivity contribution in [2.24, 2.45) is 5.41 Å². The first-order valence-electron chi connectivity index (χ1n) is 4.98. The normalized spacial score (nSPS) is 30.8. The Balaban J connectivity index is 2.14. The average molecular weight is 193 g/mol. The van der Waals surface area contributed by atoms with Crippen LogP contribution >= 0.6 is 0 Å². The Bertz CT molecular complexity index is 299. The standard InChI is InChI=1S/C11H15NO2/c1-4-9-11(2,3)7-12(8-5-6-8)10(13)14-9/h1,8-9H,5-7H2,2-3H3/t9-/m0/s1. The van der Waals surface area contributed by atoms with Crippen molar-refractivity contribution >= 4 is 6.09 Å². The lowest BCUT2D eigenvalue weighted by atomic mass is 9.85. The first kappa shape index (κ1) is 9.39. The zero-order chi connectivity index (χ0) is 10.3. The molecular weight excluding hydrogens is 178 g/mol. The third-order valence-electron chi connectivity index (χ3n) is 2.88. The molecule has 1 heterocycles. The highest BCUT2D eigenvalue weighted by atomic mass is 16.6. The Morgan fingerprint density at radius 3 is 2.71 bits per heavy atom. The van der Waals surface area contributed by atoms with Crippen LogP contribution in [0.3, 0.4) is 0 Å². The van der Waals surface area contributed by atoms with Crippen molar-refractivity contribution in [3.05, 3.63) is 0 Å². The molecule has 3 nitrogen and oxygen atoms in total. The summed E-state index contributed by atoms with van der Waals surface area (Å²) in [6.07, 6.45) is 6.91. The lowest BCUT2D eigenvalue weighted by Gasteiger charge is -2.41. The molecule has 2 rings (SSSR count). The monoisotopic (exact) mass is 193 g/mol. The molecule has 1 amide bonds. The van der Waals surface area contributed by atoms with Gasteiger partial charge in [-0.3, -0.25) is 0 Å². The minimum atomic E-state index is -0.384. The number of carbonyl (C=O) groups excluding carboxylic acids is 1. The molecule has 1 aliphatic carbocycles.